The maximum Gasteiger partial charge on any atom is 0.0809 e. The number of nitrogens with one attached hydrogen (secondary N) is 1. The van der Waals surface area contributed by atoms with Gasteiger partial charge in [-0.3, -0.25) is 0 Å². The molecule has 1 aliphatic rings. The van der Waals surface area contributed by atoms with Crippen LogP contribution < -0.4 is 5.32 Å². The van der Waals surface area contributed by atoms with Gasteiger partial charge in [-0.1, -0.05) is 33.6 Å². The van der Waals surface area contributed by atoms with Crippen LogP contribution in [-0.2, 0) is 9.47 Å². The molecule has 3 heteroatoms. The summed E-state index contributed by atoms with van der Waals surface area (Å²) in [7, 11) is 2.01. The number of hydrogen-bond donors (Lipinski definition) is 1. The molecule has 0 aromatic rings. The van der Waals surface area contributed by atoms with Crippen LogP contribution in [0.1, 0.15) is 46.5 Å². The first kappa shape index (κ1) is 15.9. The standard InChI is InChI=1S/C15H31NO2/c1-13(2)11-17-8-9-18-15(12-16-4)7-5-6-14(3)10-15/h13-14,16H,5-12H2,1-4H3. The van der Waals surface area contributed by atoms with Crippen LogP contribution in [0.2, 0.25) is 0 Å². The van der Waals surface area contributed by atoms with Crippen LogP contribution in [-0.4, -0.2) is 39.0 Å². The quantitative estimate of drug-likeness (QED) is 0.678. The highest BCUT2D eigenvalue weighted by Crippen LogP contribution is 2.34. The molecule has 0 aliphatic heterocycles. The van der Waals surface area contributed by atoms with Crippen LogP contribution in [0.4, 0.5) is 0 Å². The average molecular weight is 257 g/mol. The lowest BCUT2D eigenvalue weighted by molar-refractivity contribution is -0.0956. The second-order valence-corrected chi connectivity index (χ2v) is 6.23. The van der Waals surface area contributed by atoms with Crippen molar-refractivity contribution in [3.8, 4) is 0 Å². The van der Waals surface area contributed by atoms with E-state index in [1.807, 2.05) is 7.05 Å². The molecule has 0 saturated heterocycles. The zero-order valence-electron chi connectivity index (χ0n) is 12.6. The van der Waals surface area contributed by atoms with Crippen molar-refractivity contribution in [1.82, 2.24) is 5.32 Å². The molecule has 0 aromatic heterocycles. The molecule has 0 radical (unpaired) electrons. The van der Waals surface area contributed by atoms with Gasteiger partial charge in [-0.25, -0.2) is 0 Å². The number of hydrogen-bond acceptors (Lipinski definition) is 3. The fraction of sp³-hybridized carbons (Fsp3) is 1.00. The summed E-state index contributed by atoms with van der Waals surface area (Å²) in [4.78, 5) is 0. The summed E-state index contributed by atoms with van der Waals surface area (Å²) in [6.45, 7) is 9.92. The predicted molar refractivity (Wildman–Crippen MR) is 75.9 cm³/mol. The zero-order valence-corrected chi connectivity index (χ0v) is 12.6. The molecule has 1 rings (SSSR count). The monoisotopic (exact) mass is 257 g/mol. The number of ether oxygens (including phenoxy) is 2. The van der Waals surface area contributed by atoms with Gasteiger partial charge in [0.05, 0.1) is 18.8 Å². The van der Waals surface area contributed by atoms with Gasteiger partial charge in [-0.05, 0) is 31.7 Å². The SMILES string of the molecule is CNCC1(OCCOCC(C)C)CCCC(C)C1. The van der Waals surface area contributed by atoms with Gasteiger partial charge in [0.2, 0.25) is 0 Å². The summed E-state index contributed by atoms with van der Waals surface area (Å²) in [6, 6.07) is 0. The predicted octanol–water partition coefficient (Wildman–Crippen LogP) is 2.84. The van der Waals surface area contributed by atoms with Gasteiger partial charge in [-0.15, -0.1) is 0 Å². The maximum absolute atomic E-state index is 6.18. The Morgan fingerprint density at radius 1 is 1.33 bits per heavy atom. The molecule has 1 aliphatic carbocycles. The van der Waals surface area contributed by atoms with Crippen LogP contribution in [0.15, 0.2) is 0 Å². The first-order valence-corrected chi connectivity index (χ1v) is 7.44. The van der Waals surface area contributed by atoms with Gasteiger partial charge in [0.15, 0.2) is 0 Å². The van der Waals surface area contributed by atoms with Crippen LogP contribution in [0, 0.1) is 11.8 Å². The molecular weight excluding hydrogens is 226 g/mol. The lowest BCUT2D eigenvalue weighted by Gasteiger charge is -2.40. The van der Waals surface area contributed by atoms with E-state index in [1.165, 1.54) is 25.7 Å². The third-order valence-corrected chi connectivity index (χ3v) is 3.64. The molecule has 18 heavy (non-hydrogen) atoms. The molecular formula is C15H31NO2. The Labute approximate surface area is 113 Å². The van der Waals surface area contributed by atoms with Gasteiger partial charge in [0, 0.05) is 13.2 Å². The van der Waals surface area contributed by atoms with E-state index in [1.54, 1.807) is 0 Å². The van der Waals surface area contributed by atoms with Crippen molar-refractivity contribution in [3.63, 3.8) is 0 Å². The largest absolute Gasteiger partial charge is 0.379 e. The molecule has 2 unspecified atom stereocenters. The molecule has 1 fully saturated rings. The summed E-state index contributed by atoms with van der Waals surface area (Å²) < 4.78 is 11.8. The van der Waals surface area contributed by atoms with Crippen LogP contribution in [0.25, 0.3) is 0 Å². The van der Waals surface area contributed by atoms with Crippen molar-refractivity contribution < 1.29 is 9.47 Å². The van der Waals surface area contributed by atoms with E-state index in [9.17, 15) is 0 Å². The third kappa shape index (κ3) is 5.68. The lowest BCUT2D eigenvalue weighted by atomic mass is 9.78. The minimum absolute atomic E-state index is 0.0492. The molecule has 0 bridgehead atoms. The maximum atomic E-state index is 6.18. The number of rotatable bonds is 8. The first-order chi connectivity index (χ1) is 8.58. The Balaban J connectivity index is 2.29. The zero-order chi connectivity index (χ0) is 13.4. The minimum atomic E-state index is 0.0492. The van der Waals surface area contributed by atoms with Crippen molar-refractivity contribution in [2.24, 2.45) is 11.8 Å². The van der Waals surface area contributed by atoms with Crippen molar-refractivity contribution in [2.75, 3.05) is 33.4 Å². The molecule has 2 atom stereocenters. The molecule has 0 amide bonds. The van der Waals surface area contributed by atoms with E-state index in [2.05, 4.69) is 26.1 Å². The fourth-order valence-corrected chi connectivity index (χ4v) is 2.91. The normalized spacial score (nSPS) is 28.8. The van der Waals surface area contributed by atoms with Crippen LogP contribution in [0.3, 0.4) is 0 Å². The molecule has 0 aromatic carbocycles. The third-order valence-electron chi connectivity index (χ3n) is 3.64. The van der Waals surface area contributed by atoms with E-state index in [0.717, 1.165) is 32.3 Å². The van der Waals surface area contributed by atoms with Gasteiger partial charge in [0.25, 0.3) is 0 Å². The van der Waals surface area contributed by atoms with E-state index in [-0.39, 0.29) is 5.60 Å². The second kappa shape index (κ2) is 8.13. The molecule has 0 spiro atoms. The van der Waals surface area contributed by atoms with Crippen molar-refractivity contribution in [3.05, 3.63) is 0 Å². The van der Waals surface area contributed by atoms with E-state index in [0.29, 0.717) is 5.92 Å². The molecule has 108 valence electrons. The Kier molecular flexibility index (Phi) is 7.20. The van der Waals surface area contributed by atoms with Crippen molar-refractivity contribution >= 4 is 0 Å². The van der Waals surface area contributed by atoms with Gasteiger partial charge >= 0.3 is 0 Å². The molecule has 0 heterocycles. The minimum Gasteiger partial charge on any atom is -0.379 e. The highest BCUT2D eigenvalue weighted by atomic mass is 16.5. The Bertz CT molecular complexity index is 217. The molecule has 3 nitrogen and oxygen atoms in total. The topological polar surface area (TPSA) is 30.5 Å². The summed E-state index contributed by atoms with van der Waals surface area (Å²) in [5.74, 6) is 1.38. The lowest BCUT2D eigenvalue weighted by Crippen LogP contribution is -2.46. The van der Waals surface area contributed by atoms with E-state index in [4.69, 9.17) is 9.47 Å². The summed E-state index contributed by atoms with van der Waals surface area (Å²) in [6.07, 6.45) is 4.99. The first-order valence-electron chi connectivity index (χ1n) is 7.44. The summed E-state index contributed by atoms with van der Waals surface area (Å²) in [5, 5.41) is 3.29. The summed E-state index contributed by atoms with van der Waals surface area (Å²) >= 11 is 0. The van der Waals surface area contributed by atoms with Crippen LogP contribution >= 0.6 is 0 Å². The van der Waals surface area contributed by atoms with E-state index >= 15 is 0 Å². The molecule has 1 N–H and O–H groups in total. The van der Waals surface area contributed by atoms with Crippen molar-refractivity contribution in [2.45, 2.75) is 52.1 Å². The average Bonchev–Trinajstić information content (AvgIpc) is 2.28. The number of likely N-dealkylation sites (N-methyl/N-ethyl adjacent to an activating group) is 1. The highest BCUT2D eigenvalue weighted by Gasteiger charge is 2.35. The Hall–Kier alpha value is -0.120. The second-order valence-electron chi connectivity index (χ2n) is 6.23. The highest BCUT2D eigenvalue weighted by molar-refractivity contribution is 4.88. The van der Waals surface area contributed by atoms with Crippen LogP contribution in [0.5, 0.6) is 0 Å². The summed E-state index contributed by atoms with van der Waals surface area (Å²) in [5.41, 5.74) is 0.0492. The molecule has 1 saturated carbocycles. The smallest absolute Gasteiger partial charge is 0.0809 e. The van der Waals surface area contributed by atoms with Crippen molar-refractivity contribution in [1.29, 1.82) is 0 Å². The van der Waals surface area contributed by atoms with E-state index < -0.39 is 0 Å². The Morgan fingerprint density at radius 3 is 2.72 bits per heavy atom. The fourth-order valence-electron chi connectivity index (χ4n) is 2.91. The van der Waals surface area contributed by atoms with Gasteiger partial charge in [0.1, 0.15) is 0 Å². The Morgan fingerprint density at radius 2 is 2.11 bits per heavy atom. The van der Waals surface area contributed by atoms with Gasteiger partial charge in [-0.2, -0.15) is 0 Å². The van der Waals surface area contributed by atoms with Gasteiger partial charge < -0.3 is 14.8 Å².